The summed E-state index contributed by atoms with van der Waals surface area (Å²) in [6.07, 6.45) is 3.11. The summed E-state index contributed by atoms with van der Waals surface area (Å²) in [6.45, 7) is 3.81. The van der Waals surface area contributed by atoms with Gasteiger partial charge in [-0.15, -0.1) is 0 Å². The van der Waals surface area contributed by atoms with Gasteiger partial charge in [-0.25, -0.2) is 8.42 Å². The van der Waals surface area contributed by atoms with Crippen molar-refractivity contribution >= 4 is 9.84 Å². The summed E-state index contributed by atoms with van der Waals surface area (Å²) in [5, 5.41) is 10.4. The van der Waals surface area contributed by atoms with Crippen molar-refractivity contribution in [3.05, 3.63) is 35.4 Å². The first kappa shape index (κ1) is 15.2. The first-order chi connectivity index (χ1) is 8.24. The average Bonchev–Trinajstić information content (AvgIpc) is 2.27. The van der Waals surface area contributed by atoms with Crippen molar-refractivity contribution in [3.63, 3.8) is 0 Å². The Balaban J connectivity index is 2.67. The maximum atomic E-state index is 11.1. The molecule has 0 spiro atoms. The molecule has 1 aromatic rings. The van der Waals surface area contributed by atoms with E-state index in [-0.39, 0.29) is 5.75 Å². The zero-order valence-corrected chi connectivity index (χ0v) is 12.1. The number of benzene rings is 1. The fourth-order valence-electron chi connectivity index (χ4n) is 1.92. The zero-order chi connectivity index (χ0) is 13.8. The Bertz CT molecular complexity index is 472. The van der Waals surface area contributed by atoms with Crippen LogP contribution in [-0.4, -0.2) is 25.5 Å². The molecule has 0 saturated carbocycles. The van der Waals surface area contributed by atoms with E-state index in [1.807, 2.05) is 24.3 Å². The lowest BCUT2D eigenvalue weighted by atomic mass is 9.90. The van der Waals surface area contributed by atoms with Gasteiger partial charge in [0.15, 0.2) is 0 Å². The van der Waals surface area contributed by atoms with Gasteiger partial charge in [-0.05, 0) is 37.3 Å². The van der Waals surface area contributed by atoms with E-state index in [0.717, 1.165) is 12.0 Å². The van der Waals surface area contributed by atoms with Gasteiger partial charge in [0.2, 0.25) is 0 Å². The molecular weight excluding hydrogens is 248 g/mol. The highest BCUT2D eigenvalue weighted by Gasteiger charge is 2.22. The topological polar surface area (TPSA) is 54.4 Å². The number of aryl methyl sites for hydroxylation is 1. The standard InChI is InChI=1S/C14H22O3S/c1-4-12-6-8-13(9-7-12)14(2,15)10-5-11-18(3,16)17/h6-9,15H,4-5,10-11H2,1-3H3. The molecule has 0 fully saturated rings. The maximum Gasteiger partial charge on any atom is 0.147 e. The lowest BCUT2D eigenvalue weighted by Crippen LogP contribution is -2.22. The number of hydrogen-bond donors (Lipinski definition) is 1. The van der Waals surface area contributed by atoms with E-state index in [9.17, 15) is 13.5 Å². The molecule has 0 aromatic heterocycles. The van der Waals surface area contributed by atoms with Gasteiger partial charge in [-0.3, -0.25) is 0 Å². The predicted octanol–water partition coefficient (Wildman–Crippen LogP) is 2.28. The van der Waals surface area contributed by atoms with Crippen LogP contribution in [0.2, 0.25) is 0 Å². The van der Waals surface area contributed by atoms with Crippen LogP contribution in [-0.2, 0) is 21.9 Å². The van der Waals surface area contributed by atoms with Crippen LogP contribution in [0.5, 0.6) is 0 Å². The Morgan fingerprint density at radius 2 is 1.78 bits per heavy atom. The molecule has 0 aliphatic carbocycles. The van der Waals surface area contributed by atoms with E-state index in [1.165, 1.54) is 11.8 Å². The Morgan fingerprint density at radius 1 is 1.22 bits per heavy atom. The second kappa shape index (κ2) is 5.85. The third-order valence-electron chi connectivity index (χ3n) is 3.16. The third-order valence-corrected chi connectivity index (χ3v) is 4.19. The van der Waals surface area contributed by atoms with Crippen LogP contribution in [0.15, 0.2) is 24.3 Å². The lowest BCUT2D eigenvalue weighted by molar-refractivity contribution is 0.0472. The van der Waals surface area contributed by atoms with Gasteiger partial charge in [-0.1, -0.05) is 31.2 Å². The molecule has 102 valence electrons. The van der Waals surface area contributed by atoms with Gasteiger partial charge in [-0.2, -0.15) is 0 Å². The van der Waals surface area contributed by atoms with Gasteiger partial charge in [0, 0.05) is 12.0 Å². The quantitative estimate of drug-likeness (QED) is 0.863. The van der Waals surface area contributed by atoms with E-state index in [0.29, 0.717) is 12.8 Å². The van der Waals surface area contributed by atoms with Gasteiger partial charge < -0.3 is 5.11 Å². The Hall–Kier alpha value is -0.870. The van der Waals surface area contributed by atoms with Crippen LogP contribution < -0.4 is 0 Å². The molecule has 0 heterocycles. The SMILES string of the molecule is CCc1ccc(C(C)(O)CCCS(C)(=O)=O)cc1. The molecule has 1 aromatic carbocycles. The van der Waals surface area contributed by atoms with Crippen LogP contribution in [0.1, 0.15) is 37.8 Å². The average molecular weight is 270 g/mol. The highest BCUT2D eigenvalue weighted by Crippen LogP contribution is 2.26. The van der Waals surface area contributed by atoms with Crippen LogP contribution in [0.3, 0.4) is 0 Å². The predicted molar refractivity (Wildman–Crippen MR) is 74.3 cm³/mol. The van der Waals surface area contributed by atoms with E-state index < -0.39 is 15.4 Å². The molecule has 0 bridgehead atoms. The number of aliphatic hydroxyl groups is 1. The molecule has 0 amide bonds. The van der Waals surface area contributed by atoms with Crippen LogP contribution in [0.4, 0.5) is 0 Å². The van der Waals surface area contributed by atoms with Crippen molar-refractivity contribution in [2.75, 3.05) is 12.0 Å². The highest BCUT2D eigenvalue weighted by molar-refractivity contribution is 7.90. The largest absolute Gasteiger partial charge is 0.385 e. The second-order valence-corrected chi connectivity index (χ2v) is 7.32. The smallest absolute Gasteiger partial charge is 0.147 e. The highest BCUT2D eigenvalue weighted by atomic mass is 32.2. The number of sulfone groups is 1. The second-order valence-electron chi connectivity index (χ2n) is 5.06. The zero-order valence-electron chi connectivity index (χ0n) is 11.3. The Kier molecular flexibility index (Phi) is 4.93. The van der Waals surface area contributed by atoms with Crippen LogP contribution >= 0.6 is 0 Å². The fourth-order valence-corrected chi connectivity index (χ4v) is 2.59. The van der Waals surface area contributed by atoms with Crippen molar-refractivity contribution in [2.24, 2.45) is 0 Å². The van der Waals surface area contributed by atoms with Crippen molar-refractivity contribution in [2.45, 2.75) is 38.7 Å². The molecule has 0 radical (unpaired) electrons. The minimum atomic E-state index is -2.95. The molecule has 3 nitrogen and oxygen atoms in total. The summed E-state index contributed by atoms with van der Waals surface area (Å²) in [7, 11) is -2.95. The Labute approximate surface area is 110 Å². The van der Waals surface area contributed by atoms with Gasteiger partial charge in [0.05, 0.1) is 5.60 Å². The molecule has 1 unspecified atom stereocenters. The summed E-state index contributed by atoms with van der Waals surface area (Å²) in [4.78, 5) is 0. The van der Waals surface area contributed by atoms with Gasteiger partial charge >= 0.3 is 0 Å². The van der Waals surface area contributed by atoms with Gasteiger partial charge in [0.1, 0.15) is 9.84 Å². The third kappa shape index (κ3) is 4.78. The molecule has 1 N–H and O–H groups in total. The van der Waals surface area contributed by atoms with Crippen molar-refractivity contribution in [1.82, 2.24) is 0 Å². The molecule has 1 atom stereocenters. The Morgan fingerprint density at radius 3 is 2.22 bits per heavy atom. The molecular formula is C14H22O3S. The molecule has 18 heavy (non-hydrogen) atoms. The number of hydrogen-bond acceptors (Lipinski definition) is 3. The monoisotopic (exact) mass is 270 g/mol. The van der Waals surface area contributed by atoms with Crippen LogP contribution in [0.25, 0.3) is 0 Å². The summed E-state index contributed by atoms with van der Waals surface area (Å²) >= 11 is 0. The minimum absolute atomic E-state index is 0.121. The van der Waals surface area contributed by atoms with Crippen LogP contribution in [0, 0.1) is 0 Å². The minimum Gasteiger partial charge on any atom is -0.385 e. The fraction of sp³-hybridized carbons (Fsp3) is 0.571. The summed E-state index contributed by atoms with van der Waals surface area (Å²) in [5.74, 6) is 0.121. The van der Waals surface area contributed by atoms with E-state index in [2.05, 4.69) is 6.92 Å². The first-order valence-corrected chi connectivity index (χ1v) is 8.30. The normalized spacial score (nSPS) is 15.3. The lowest BCUT2D eigenvalue weighted by Gasteiger charge is -2.24. The van der Waals surface area contributed by atoms with Crippen molar-refractivity contribution in [3.8, 4) is 0 Å². The van der Waals surface area contributed by atoms with E-state index in [4.69, 9.17) is 0 Å². The molecule has 4 heteroatoms. The van der Waals surface area contributed by atoms with Gasteiger partial charge in [0.25, 0.3) is 0 Å². The molecule has 1 rings (SSSR count). The maximum absolute atomic E-state index is 11.1. The van der Waals surface area contributed by atoms with E-state index >= 15 is 0 Å². The molecule has 0 saturated heterocycles. The first-order valence-electron chi connectivity index (χ1n) is 6.24. The summed E-state index contributed by atoms with van der Waals surface area (Å²) in [5.41, 5.74) is 1.11. The molecule has 0 aliphatic rings. The van der Waals surface area contributed by atoms with E-state index in [1.54, 1.807) is 6.92 Å². The summed E-state index contributed by atoms with van der Waals surface area (Å²) in [6, 6.07) is 7.83. The van der Waals surface area contributed by atoms with Crippen molar-refractivity contribution in [1.29, 1.82) is 0 Å². The summed E-state index contributed by atoms with van der Waals surface area (Å²) < 4.78 is 22.1. The van der Waals surface area contributed by atoms with Crippen molar-refractivity contribution < 1.29 is 13.5 Å². The number of rotatable bonds is 6. The molecule has 0 aliphatic heterocycles.